The molecule has 0 N–H and O–H groups in total. The van der Waals surface area contributed by atoms with E-state index in [1.807, 2.05) is 0 Å². The number of ether oxygens (including phenoxy) is 1. The van der Waals surface area contributed by atoms with Crippen molar-refractivity contribution in [3.8, 4) is 27.4 Å². The van der Waals surface area contributed by atoms with Gasteiger partial charge in [-0.15, -0.1) is 11.3 Å². The lowest BCUT2D eigenvalue weighted by atomic mass is 10.1. The molecule has 0 unspecified atom stereocenters. The van der Waals surface area contributed by atoms with Crippen molar-refractivity contribution in [2.45, 2.75) is 11.5 Å². The van der Waals surface area contributed by atoms with Crippen molar-refractivity contribution in [1.82, 2.24) is 4.98 Å². The number of sulfone groups is 1. The second kappa shape index (κ2) is 8.78. The topological polar surface area (TPSA) is 56.3 Å². The molecule has 31 heavy (non-hydrogen) atoms. The van der Waals surface area contributed by atoms with Crippen molar-refractivity contribution in [2.24, 2.45) is 0 Å². The van der Waals surface area contributed by atoms with E-state index in [0.717, 1.165) is 0 Å². The summed E-state index contributed by atoms with van der Waals surface area (Å²) in [6.07, 6.45) is 1.18. The molecule has 4 nitrogen and oxygen atoms in total. The number of aromatic nitrogens is 1. The largest absolute Gasteiger partial charge is 0.486 e. The smallest absolute Gasteiger partial charge is 0.176 e. The van der Waals surface area contributed by atoms with Gasteiger partial charge in [-0.05, 0) is 54.6 Å². The summed E-state index contributed by atoms with van der Waals surface area (Å²) in [5.74, 6) is 0.282. The molecule has 4 rings (SSSR count). The lowest BCUT2D eigenvalue weighted by Crippen LogP contribution is -1.99. The van der Waals surface area contributed by atoms with Crippen molar-refractivity contribution in [3.05, 3.63) is 88.6 Å². The van der Waals surface area contributed by atoms with Gasteiger partial charge in [0.1, 0.15) is 23.2 Å². The average Bonchev–Trinajstić information content (AvgIpc) is 3.17. The van der Waals surface area contributed by atoms with Gasteiger partial charge in [0.2, 0.25) is 0 Å². The molecule has 0 aliphatic heterocycles. The van der Waals surface area contributed by atoms with E-state index in [1.54, 1.807) is 60.7 Å². The number of rotatable bonds is 6. The molecule has 0 amide bonds. The van der Waals surface area contributed by atoms with Gasteiger partial charge in [0.25, 0.3) is 0 Å². The molecular weight excluding hydrogens is 457 g/mol. The number of thiazole rings is 1. The van der Waals surface area contributed by atoms with E-state index in [0.29, 0.717) is 37.5 Å². The zero-order valence-electron chi connectivity index (χ0n) is 16.4. The molecular formula is C23H17ClFNO3S2. The first-order valence-corrected chi connectivity index (χ1v) is 12.3. The van der Waals surface area contributed by atoms with Crippen LogP contribution < -0.4 is 4.74 Å². The first-order valence-electron chi connectivity index (χ1n) is 9.25. The van der Waals surface area contributed by atoms with Crippen molar-refractivity contribution < 1.29 is 17.5 Å². The lowest BCUT2D eigenvalue weighted by Gasteiger charge is -2.08. The standard InChI is InChI=1S/C23H17ClFNO3S2/c1-31(27,28)20-5-3-2-4-19(20)23-22(15-6-10-17(25)11-7-15)26-21(30-23)14-29-18-12-8-16(24)9-13-18/h2-13H,14H2,1H3. The SMILES string of the molecule is CS(=O)(=O)c1ccccc1-c1sc(COc2ccc(Cl)cc2)nc1-c1ccc(F)cc1. The summed E-state index contributed by atoms with van der Waals surface area (Å²) in [5.41, 5.74) is 1.82. The number of halogens is 2. The normalized spacial score (nSPS) is 11.5. The van der Waals surface area contributed by atoms with Crippen LogP contribution in [0.25, 0.3) is 21.7 Å². The Labute approximate surface area is 188 Å². The van der Waals surface area contributed by atoms with Gasteiger partial charge in [0.05, 0.1) is 15.5 Å². The van der Waals surface area contributed by atoms with Gasteiger partial charge in [-0.1, -0.05) is 29.8 Å². The van der Waals surface area contributed by atoms with Crippen LogP contribution in [0.3, 0.4) is 0 Å². The first kappa shape index (κ1) is 21.5. The van der Waals surface area contributed by atoms with Crippen LogP contribution in [-0.2, 0) is 16.4 Å². The Balaban J connectivity index is 1.78. The fourth-order valence-corrected chi connectivity index (χ4v) is 5.19. The van der Waals surface area contributed by atoms with E-state index in [-0.39, 0.29) is 17.3 Å². The minimum absolute atomic E-state index is 0.196. The molecule has 0 saturated heterocycles. The third kappa shape index (κ3) is 4.95. The lowest BCUT2D eigenvalue weighted by molar-refractivity contribution is 0.305. The van der Waals surface area contributed by atoms with E-state index < -0.39 is 9.84 Å². The second-order valence-electron chi connectivity index (χ2n) is 6.80. The van der Waals surface area contributed by atoms with Gasteiger partial charge < -0.3 is 4.74 Å². The maximum Gasteiger partial charge on any atom is 0.176 e. The fraction of sp³-hybridized carbons (Fsp3) is 0.0870. The summed E-state index contributed by atoms with van der Waals surface area (Å²) in [6, 6.07) is 19.7. The van der Waals surface area contributed by atoms with E-state index in [9.17, 15) is 12.8 Å². The van der Waals surface area contributed by atoms with Crippen molar-refractivity contribution in [3.63, 3.8) is 0 Å². The number of benzene rings is 3. The molecule has 0 radical (unpaired) electrons. The Morgan fingerprint density at radius 2 is 1.68 bits per heavy atom. The van der Waals surface area contributed by atoms with Crippen molar-refractivity contribution >= 4 is 32.8 Å². The highest BCUT2D eigenvalue weighted by atomic mass is 35.5. The molecule has 3 aromatic carbocycles. The van der Waals surface area contributed by atoms with Gasteiger partial charge in [-0.3, -0.25) is 0 Å². The molecule has 0 spiro atoms. The summed E-state index contributed by atoms with van der Waals surface area (Å²) in [5, 5.41) is 1.27. The predicted octanol–water partition coefficient (Wildman–Crippen LogP) is 6.25. The molecule has 0 fully saturated rings. The van der Waals surface area contributed by atoms with Crippen LogP contribution in [0.1, 0.15) is 5.01 Å². The molecule has 4 aromatic rings. The van der Waals surface area contributed by atoms with E-state index in [2.05, 4.69) is 0 Å². The Morgan fingerprint density at radius 3 is 2.35 bits per heavy atom. The van der Waals surface area contributed by atoms with Crippen molar-refractivity contribution in [1.29, 1.82) is 0 Å². The van der Waals surface area contributed by atoms with Gasteiger partial charge in [-0.25, -0.2) is 17.8 Å². The molecule has 1 aromatic heterocycles. The number of hydrogen-bond acceptors (Lipinski definition) is 5. The van der Waals surface area contributed by atoms with Crippen LogP contribution in [0.5, 0.6) is 5.75 Å². The van der Waals surface area contributed by atoms with Crippen LogP contribution in [0.2, 0.25) is 5.02 Å². The Bertz CT molecular complexity index is 1320. The highest BCUT2D eigenvalue weighted by Gasteiger charge is 2.21. The Morgan fingerprint density at radius 1 is 1.00 bits per heavy atom. The molecule has 1 heterocycles. The number of hydrogen-bond donors (Lipinski definition) is 0. The molecule has 158 valence electrons. The van der Waals surface area contributed by atoms with Crippen LogP contribution in [-0.4, -0.2) is 19.7 Å². The number of nitrogens with zero attached hydrogens (tertiary/aromatic N) is 1. The van der Waals surface area contributed by atoms with Gasteiger partial charge in [0.15, 0.2) is 9.84 Å². The summed E-state index contributed by atoms with van der Waals surface area (Å²) < 4.78 is 44.0. The molecule has 8 heteroatoms. The highest BCUT2D eigenvalue weighted by Crippen LogP contribution is 2.40. The van der Waals surface area contributed by atoms with Gasteiger partial charge >= 0.3 is 0 Å². The van der Waals surface area contributed by atoms with Gasteiger partial charge in [0, 0.05) is 22.4 Å². The Kier molecular flexibility index (Phi) is 6.09. The highest BCUT2D eigenvalue weighted by molar-refractivity contribution is 7.90. The van der Waals surface area contributed by atoms with E-state index >= 15 is 0 Å². The first-order chi connectivity index (χ1) is 14.8. The fourth-order valence-electron chi connectivity index (χ4n) is 3.07. The van der Waals surface area contributed by atoms with E-state index in [1.165, 1.54) is 29.7 Å². The third-order valence-electron chi connectivity index (χ3n) is 4.50. The minimum atomic E-state index is -3.46. The molecule has 0 atom stereocenters. The van der Waals surface area contributed by atoms with Crippen LogP contribution >= 0.6 is 22.9 Å². The minimum Gasteiger partial charge on any atom is -0.486 e. The van der Waals surface area contributed by atoms with Gasteiger partial charge in [-0.2, -0.15) is 0 Å². The molecule has 0 saturated carbocycles. The maximum absolute atomic E-state index is 13.5. The van der Waals surface area contributed by atoms with E-state index in [4.69, 9.17) is 21.3 Å². The van der Waals surface area contributed by atoms with Crippen LogP contribution in [0, 0.1) is 5.82 Å². The second-order valence-corrected chi connectivity index (χ2v) is 10.3. The summed E-state index contributed by atoms with van der Waals surface area (Å²) in [6.45, 7) is 0.196. The average molecular weight is 474 g/mol. The maximum atomic E-state index is 13.5. The summed E-state index contributed by atoms with van der Waals surface area (Å²) in [7, 11) is -3.46. The summed E-state index contributed by atoms with van der Waals surface area (Å²) in [4.78, 5) is 5.59. The molecule has 0 bridgehead atoms. The quantitative estimate of drug-likeness (QED) is 0.332. The molecule has 0 aliphatic carbocycles. The van der Waals surface area contributed by atoms with Crippen LogP contribution in [0.15, 0.2) is 77.7 Å². The van der Waals surface area contributed by atoms with Crippen LogP contribution in [0.4, 0.5) is 4.39 Å². The zero-order chi connectivity index (χ0) is 22.0. The zero-order valence-corrected chi connectivity index (χ0v) is 18.8. The third-order valence-corrected chi connectivity index (χ3v) is 6.97. The predicted molar refractivity (Wildman–Crippen MR) is 122 cm³/mol. The van der Waals surface area contributed by atoms with Crippen molar-refractivity contribution in [2.75, 3.05) is 6.26 Å². The summed E-state index contributed by atoms with van der Waals surface area (Å²) >= 11 is 7.25. The monoisotopic (exact) mass is 473 g/mol. The molecule has 0 aliphatic rings. The Hall–Kier alpha value is -2.74.